The Morgan fingerprint density at radius 1 is 1.23 bits per heavy atom. The molecule has 0 radical (unpaired) electrons. The number of carbonyl (C=O) groups is 1. The van der Waals surface area contributed by atoms with E-state index < -0.39 is 0 Å². The van der Waals surface area contributed by atoms with Crippen LogP contribution in [-0.2, 0) is 7.05 Å². The number of aromatic nitrogens is 6. The van der Waals surface area contributed by atoms with E-state index in [1.165, 1.54) is 11.8 Å². The highest BCUT2D eigenvalue weighted by molar-refractivity contribution is 7.98. The maximum absolute atomic E-state index is 11.3. The van der Waals surface area contributed by atoms with Crippen molar-refractivity contribution in [1.82, 2.24) is 29.8 Å². The van der Waals surface area contributed by atoms with Gasteiger partial charge in [-0.2, -0.15) is 4.68 Å². The normalized spacial score (nSPS) is 11.2. The summed E-state index contributed by atoms with van der Waals surface area (Å²) in [6, 6.07) is 9.36. The fraction of sp³-hybridized carbons (Fsp3) is 0.118. The van der Waals surface area contributed by atoms with Crippen LogP contribution in [0.5, 0.6) is 0 Å². The minimum atomic E-state index is 0.378. The molecule has 26 heavy (non-hydrogen) atoms. The summed E-state index contributed by atoms with van der Waals surface area (Å²) in [5.74, 6) is 0.549. The van der Waals surface area contributed by atoms with E-state index in [-0.39, 0.29) is 0 Å². The van der Waals surface area contributed by atoms with E-state index in [2.05, 4.69) is 20.5 Å². The van der Waals surface area contributed by atoms with Gasteiger partial charge in [-0.3, -0.25) is 4.79 Å². The highest BCUT2D eigenvalue weighted by Crippen LogP contribution is 2.28. The number of tetrazole rings is 1. The van der Waals surface area contributed by atoms with E-state index in [0.29, 0.717) is 16.5 Å². The summed E-state index contributed by atoms with van der Waals surface area (Å²) in [4.78, 5) is 15.6. The Hall–Kier alpha value is -2.71. The lowest BCUT2D eigenvalue weighted by atomic mass is 10.1. The Morgan fingerprint density at radius 3 is 2.85 bits per heavy atom. The van der Waals surface area contributed by atoms with Gasteiger partial charge in [-0.15, -0.1) is 16.9 Å². The Morgan fingerprint density at radius 2 is 2.08 bits per heavy atom. The van der Waals surface area contributed by atoms with Crippen LogP contribution in [0.2, 0.25) is 5.15 Å². The summed E-state index contributed by atoms with van der Waals surface area (Å²) >= 11 is 7.61. The highest BCUT2D eigenvalue weighted by Gasteiger charge is 2.15. The fourth-order valence-electron chi connectivity index (χ4n) is 2.88. The van der Waals surface area contributed by atoms with Crippen molar-refractivity contribution in [3.63, 3.8) is 0 Å². The first-order valence-corrected chi connectivity index (χ1v) is 9.26. The third-order valence-corrected chi connectivity index (χ3v) is 4.90. The maximum Gasteiger partial charge on any atom is 0.187 e. The van der Waals surface area contributed by atoms with Gasteiger partial charge >= 0.3 is 0 Å². The molecule has 0 saturated carbocycles. The quantitative estimate of drug-likeness (QED) is 0.305. The number of halogens is 1. The summed E-state index contributed by atoms with van der Waals surface area (Å²) in [7, 11) is 1.90. The second-order valence-electron chi connectivity index (χ2n) is 5.65. The molecular weight excluding hydrogens is 372 g/mol. The lowest BCUT2D eigenvalue weighted by Crippen LogP contribution is -2.00. The molecule has 9 heteroatoms. The number of hydrogen-bond donors (Lipinski definition) is 0. The molecule has 3 aromatic heterocycles. The Labute approximate surface area is 158 Å². The van der Waals surface area contributed by atoms with Crippen molar-refractivity contribution in [3.8, 4) is 17.1 Å². The zero-order valence-corrected chi connectivity index (χ0v) is 15.5. The molecule has 130 valence electrons. The molecule has 7 nitrogen and oxygen atoms in total. The van der Waals surface area contributed by atoms with Crippen LogP contribution in [-0.4, -0.2) is 42.3 Å². The Balaban J connectivity index is 1.88. The maximum atomic E-state index is 11.3. The lowest BCUT2D eigenvalue weighted by molar-refractivity contribution is 0.112. The number of rotatable bonds is 4. The largest absolute Gasteiger partial charge is 0.350 e. The molecule has 1 aromatic carbocycles. The van der Waals surface area contributed by atoms with E-state index in [1.807, 2.05) is 42.1 Å². The molecule has 0 aliphatic carbocycles. The van der Waals surface area contributed by atoms with Gasteiger partial charge in [0.1, 0.15) is 5.15 Å². The molecule has 0 bridgehead atoms. The molecule has 4 aromatic rings. The van der Waals surface area contributed by atoms with E-state index in [4.69, 9.17) is 11.6 Å². The molecule has 0 amide bonds. The first-order valence-electron chi connectivity index (χ1n) is 7.65. The number of hydrogen-bond acceptors (Lipinski definition) is 6. The number of fused-ring (bicyclic) bond motifs is 1. The molecule has 0 aliphatic heterocycles. The van der Waals surface area contributed by atoms with E-state index in [1.54, 1.807) is 16.9 Å². The number of nitrogens with zero attached hydrogens (tertiary/aromatic N) is 6. The van der Waals surface area contributed by atoms with Gasteiger partial charge in [0.05, 0.1) is 10.7 Å². The van der Waals surface area contributed by atoms with Gasteiger partial charge in [0.2, 0.25) is 0 Å². The van der Waals surface area contributed by atoms with Crippen LogP contribution in [0, 0.1) is 0 Å². The van der Waals surface area contributed by atoms with Crippen LogP contribution >= 0.6 is 23.4 Å². The average Bonchev–Trinajstić information content (AvgIpc) is 3.25. The minimum Gasteiger partial charge on any atom is -0.350 e. The van der Waals surface area contributed by atoms with Crippen molar-refractivity contribution < 1.29 is 4.79 Å². The first kappa shape index (κ1) is 16.7. The number of aldehydes is 1. The smallest absolute Gasteiger partial charge is 0.187 e. The summed E-state index contributed by atoms with van der Waals surface area (Å²) in [6.45, 7) is 0. The van der Waals surface area contributed by atoms with Crippen molar-refractivity contribution in [1.29, 1.82) is 0 Å². The molecule has 0 N–H and O–H groups in total. The van der Waals surface area contributed by atoms with Gasteiger partial charge < -0.3 is 4.57 Å². The third kappa shape index (κ3) is 2.77. The highest BCUT2D eigenvalue weighted by atomic mass is 35.5. The van der Waals surface area contributed by atoms with Gasteiger partial charge in [-0.25, -0.2) is 4.98 Å². The SMILES string of the molecule is CSc1cc(-c2nnnn2-c2ccc3c(c2)c(C=O)cn3C)cc(Cl)n1. The number of benzene rings is 1. The summed E-state index contributed by atoms with van der Waals surface area (Å²) in [5.41, 5.74) is 3.10. The van der Waals surface area contributed by atoms with E-state index >= 15 is 0 Å². The van der Waals surface area contributed by atoms with Crippen LogP contribution < -0.4 is 0 Å². The van der Waals surface area contributed by atoms with Crippen molar-refractivity contribution in [2.45, 2.75) is 5.03 Å². The van der Waals surface area contributed by atoms with Crippen LogP contribution in [0.4, 0.5) is 0 Å². The third-order valence-electron chi connectivity index (χ3n) is 4.08. The standard InChI is InChI=1S/C17H13ClN6OS/c1-23-8-11(9-25)13-7-12(3-4-14(13)23)24-17(20-21-22-24)10-5-15(18)19-16(6-10)26-2/h3-9H,1-2H3. The molecule has 0 unspecified atom stereocenters. The lowest BCUT2D eigenvalue weighted by Gasteiger charge is -2.07. The molecule has 0 spiro atoms. The van der Waals surface area contributed by atoms with Crippen LogP contribution in [0.15, 0.2) is 41.6 Å². The summed E-state index contributed by atoms with van der Waals surface area (Å²) in [5, 5.41) is 14.1. The molecular formula is C17H13ClN6OS. The van der Waals surface area contributed by atoms with Gasteiger partial charge in [-0.05, 0) is 47.0 Å². The van der Waals surface area contributed by atoms with Gasteiger partial charge in [-0.1, -0.05) is 11.6 Å². The van der Waals surface area contributed by atoms with Crippen molar-refractivity contribution in [3.05, 3.63) is 47.2 Å². The average molecular weight is 385 g/mol. The number of pyridine rings is 1. The molecule has 3 heterocycles. The molecule has 0 atom stereocenters. The topological polar surface area (TPSA) is 78.5 Å². The second kappa shape index (κ2) is 6.54. The first-order chi connectivity index (χ1) is 12.6. The molecule has 0 saturated heterocycles. The van der Waals surface area contributed by atoms with Gasteiger partial charge in [0, 0.05) is 35.3 Å². The van der Waals surface area contributed by atoms with Crippen molar-refractivity contribution in [2.24, 2.45) is 7.05 Å². The predicted octanol–water partition coefficient (Wildman–Crippen LogP) is 3.40. The van der Waals surface area contributed by atoms with Crippen LogP contribution in [0.1, 0.15) is 10.4 Å². The van der Waals surface area contributed by atoms with Crippen LogP contribution in [0.3, 0.4) is 0 Å². The van der Waals surface area contributed by atoms with E-state index in [9.17, 15) is 4.79 Å². The molecule has 0 aliphatic rings. The summed E-state index contributed by atoms with van der Waals surface area (Å²) < 4.78 is 3.54. The number of aryl methyl sites for hydroxylation is 1. The fourth-order valence-corrected chi connectivity index (χ4v) is 3.58. The Bertz CT molecular complexity index is 1140. The van der Waals surface area contributed by atoms with Crippen molar-refractivity contribution >= 4 is 40.6 Å². The summed E-state index contributed by atoms with van der Waals surface area (Å²) in [6.07, 6.45) is 4.57. The van der Waals surface area contributed by atoms with Gasteiger partial charge in [0.25, 0.3) is 0 Å². The molecule has 0 fully saturated rings. The predicted molar refractivity (Wildman–Crippen MR) is 101 cm³/mol. The minimum absolute atomic E-state index is 0.378. The van der Waals surface area contributed by atoms with Gasteiger partial charge in [0.15, 0.2) is 12.1 Å². The molecule has 4 rings (SSSR count). The van der Waals surface area contributed by atoms with Crippen LogP contribution in [0.25, 0.3) is 28.0 Å². The monoisotopic (exact) mass is 384 g/mol. The number of carbonyl (C=O) groups excluding carboxylic acids is 1. The Kier molecular flexibility index (Phi) is 4.21. The van der Waals surface area contributed by atoms with E-state index in [0.717, 1.165) is 33.5 Å². The number of thioether (sulfide) groups is 1. The van der Waals surface area contributed by atoms with Crippen molar-refractivity contribution in [2.75, 3.05) is 6.26 Å². The zero-order chi connectivity index (χ0) is 18.3. The zero-order valence-electron chi connectivity index (χ0n) is 13.9. The second-order valence-corrected chi connectivity index (χ2v) is 6.86.